The summed E-state index contributed by atoms with van der Waals surface area (Å²) in [5, 5.41) is 4.90. The van der Waals surface area contributed by atoms with Gasteiger partial charge in [-0.05, 0) is 19.3 Å². The molecule has 5 heteroatoms. The highest BCUT2D eigenvalue weighted by Gasteiger charge is 2.21. The van der Waals surface area contributed by atoms with Crippen molar-refractivity contribution in [1.82, 2.24) is 14.6 Å². The molecule has 0 radical (unpaired) electrons. The molecule has 0 aliphatic carbocycles. The van der Waals surface area contributed by atoms with Crippen LogP contribution in [0.1, 0.15) is 24.6 Å². The zero-order valence-corrected chi connectivity index (χ0v) is 9.79. The lowest BCUT2D eigenvalue weighted by molar-refractivity contribution is 0.289. The van der Waals surface area contributed by atoms with E-state index in [2.05, 4.69) is 17.0 Å². The molecule has 0 saturated carbocycles. The molecule has 16 heavy (non-hydrogen) atoms. The Morgan fingerprint density at radius 2 is 2.44 bits per heavy atom. The van der Waals surface area contributed by atoms with E-state index in [0.717, 1.165) is 48.5 Å². The van der Waals surface area contributed by atoms with Gasteiger partial charge in [0.25, 0.3) is 0 Å². The van der Waals surface area contributed by atoms with Crippen molar-refractivity contribution in [3.05, 3.63) is 22.6 Å². The molecule has 0 bridgehead atoms. The SMILES string of the molecule is CCc1cnc2c3c(c(Cl)nn12)CCCO3. The van der Waals surface area contributed by atoms with Gasteiger partial charge in [0.05, 0.1) is 18.5 Å². The largest absolute Gasteiger partial charge is 0.489 e. The maximum absolute atomic E-state index is 6.17. The van der Waals surface area contributed by atoms with Crippen molar-refractivity contribution in [3.8, 4) is 5.75 Å². The second kappa shape index (κ2) is 3.63. The minimum atomic E-state index is 0.537. The zero-order chi connectivity index (χ0) is 11.1. The van der Waals surface area contributed by atoms with Crippen LogP contribution in [0.2, 0.25) is 5.15 Å². The van der Waals surface area contributed by atoms with E-state index < -0.39 is 0 Å². The Hall–Kier alpha value is -1.29. The molecule has 84 valence electrons. The number of imidazole rings is 1. The number of ether oxygens (including phenoxy) is 1. The van der Waals surface area contributed by atoms with Crippen LogP contribution in [0.3, 0.4) is 0 Å². The van der Waals surface area contributed by atoms with Crippen molar-refractivity contribution in [1.29, 1.82) is 0 Å². The molecule has 1 aliphatic heterocycles. The van der Waals surface area contributed by atoms with Gasteiger partial charge in [0.1, 0.15) is 0 Å². The van der Waals surface area contributed by atoms with Crippen molar-refractivity contribution in [2.75, 3.05) is 6.61 Å². The van der Waals surface area contributed by atoms with E-state index >= 15 is 0 Å². The summed E-state index contributed by atoms with van der Waals surface area (Å²) in [4.78, 5) is 4.36. The number of hydrogen-bond acceptors (Lipinski definition) is 3. The van der Waals surface area contributed by atoms with Crippen LogP contribution in [0.4, 0.5) is 0 Å². The number of aryl methyl sites for hydroxylation is 1. The fourth-order valence-corrected chi connectivity index (χ4v) is 2.31. The summed E-state index contributed by atoms with van der Waals surface area (Å²) in [6.07, 6.45) is 4.62. The maximum atomic E-state index is 6.17. The minimum absolute atomic E-state index is 0.537. The number of nitrogens with zero attached hydrogens (tertiary/aromatic N) is 3. The quantitative estimate of drug-likeness (QED) is 0.764. The average Bonchev–Trinajstić information content (AvgIpc) is 2.72. The summed E-state index contributed by atoms with van der Waals surface area (Å²) in [5.74, 6) is 0.811. The molecule has 0 spiro atoms. The van der Waals surface area contributed by atoms with Gasteiger partial charge in [-0.1, -0.05) is 18.5 Å². The number of hydrogen-bond donors (Lipinski definition) is 0. The number of rotatable bonds is 1. The molecule has 3 heterocycles. The molecule has 0 amide bonds. The van der Waals surface area contributed by atoms with E-state index in [1.165, 1.54) is 0 Å². The molecular formula is C11H12ClN3O. The van der Waals surface area contributed by atoms with Gasteiger partial charge in [-0.2, -0.15) is 5.10 Å². The lowest BCUT2D eigenvalue weighted by atomic mass is 10.1. The van der Waals surface area contributed by atoms with Crippen molar-refractivity contribution in [3.63, 3.8) is 0 Å². The molecular weight excluding hydrogens is 226 g/mol. The summed E-state index contributed by atoms with van der Waals surface area (Å²) in [6, 6.07) is 0. The average molecular weight is 238 g/mol. The Kier molecular flexibility index (Phi) is 2.24. The standard InChI is InChI=1S/C11H12ClN3O/c1-2-7-6-13-11-9-8(4-3-5-16-9)10(12)14-15(7)11/h6H,2-5H2,1H3. The molecule has 0 saturated heterocycles. The van der Waals surface area contributed by atoms with Gasteiger partial charge in [-0.25, -0.2) is 9.50 Å². The predicted octanol–water partition coefficient (Wildman–Crippen LogP) is 2.27. The highest BCUT2D eigenvalue weighted by Crippen LogP contribution is 2.33. The first-order valence-corrected chi connectivity index (χ1v) is 5.87. The van der Waals surface area contributed by atoms with Crippen LogP contribution < -0.4 is 4.74 Å². The first-order chi connectivity index (χ1) is 7.81. The van der Waals surface area contributed by atoms with Crippen LogP contribution in [-0.2, 0) is 12.8 Å². The van der Waals surface area contributed by atoms with E-state index in [1.54, 1.807) is 4.52 Å². The first kappa shape index (κ1) is 9.90. The fourth-order valence-electron chi connectivity index (χ4n) is 2.06. The predicted molar refractivity (Wildman–Crippen MR) is 61.2 cm³/mol. The Labute approximate surface area is 98.2 Å². The molecule has 0 unspecified atom stereocenters. The van der Waals surface area contributed by atoms with Gasteiger partial charge in [0.2, 0.25) is 0 Å². The van der Waals surface area contributed by atoms with Crippen LogP contribution in [0.5, 0.6) is 5.75 Å². The summed E-state index contributed by atoms with van der Waals surface area (Å²) in [5.41, 5.74) is 2.83. The van der Waals surface area contributed by atoms with E-state index in [0.29, 0.717) is 5.15 Å². The number of halogens is 1. The van der Waals surface area contributed by atoms with E-state index in [1.807, 2.05) is 6.20 Å². The molecule has 2 aromatic heterocycles. The van der Waals surface area contributed by atoms with Gasteiger partial charge in [0, 0.05) is 5.56 Å². The monoisotopic (exact) mass is 237 g/mol. The number of fused-ring (bicyclic) bond motifs is 3. The van der Waals surface area contributed by atoms with Crippen molar-refractivity contribution in [2.45, 2.75) is 26.2 Å². The molecule has 4 nitrogen and oxygen atoms in total. The molecule has 0 atom stereocenters. The van der Waals surface area contributed by atoms with E-state index in [-0.39, 0.29) is 0 Å². The Bertz CT molecular complexity index is 550. The third-order valence-corrected chi connectivity index (χ3v) is 3.21. The second-order valence-electron chi connectivity index (χ2n) is 3.89. The Balaban J connectivity index is 2.34. The fraction of sp³-hybridized carbons (Fsp3) is 0.455. The third-order valence-electron chi connectivity index (χ3n) is 2.90. The van der Waals surface area contributed by atoms with Crippen LogP contribution in [0.25, 0.3) is 5.65 Å². The van der Waals surface area contributed by atoms with Crippen molar-refractivity contribution in [2.24, 2.45) is 0 Å². The van der Waals surface area contributed by atoms with E-state index in [4.69, 9.17) is 16.3 Å². The summed E-state index contributed by atoms with van der Waals surface area (Å²) in [7, 11) is 0. The molecule has 1 aliphatic rings. The number of aromatic nitrogens is 3. The van der Waals surface area contributed by atoms with Crippen molar-refractivity contribution >= 4 is 17.2 Å². The van der Waals surface area contributed by atoms with Crippen molar-refractivity contribution < 1.29 is 4.74 Å². The smallest absolute Gasteiger partial charge is 0.197 e. The van der Waals surface area contributed by atoms with Gasteiger partial charge >= 0.3 is 0 Å². The zero-order valence-electron chi connectivity index (χ0n) is 9.03. The summed E-state index contributed by atoms with van der Waals surface area (Å²) < 4.78 is 7.45. The molecule has 0 N–H and O–H groups in total. The Morgan fingerprint density at radius 1 is 1.56 bits per heavy atom. The molecule has 2 aromatic rings. The van der Waals surface area contributed by atoms with Crippen LogP contribution in [0, 0.1) is 0 Å². The topological polar surface area (TPSA) is 39.4 Å². The van der Waals surface area contributed by atoms with Gasteiger partial charge < -0.3 is 4.74 Å². The Morgan fingerprint density at radius 3 is 3.25 bits per heavy atom. The lowest BCUT2D eigenvalue weighted by Gasteiger charge is -2.18. The summed E-state index contributed by atoms with van der Waals surface area (Å²) in [6.45, 7) is 2.80. The molecule has 0 fully saturated rings. The normalized spacial score (nSPS) is 14.9. The van der Waals surface area contributed by atoms with Gasteiger partial charge in [0.15, 0.2) is 16.5 Å². The highest BCUT2D eigenvalue weighted by molar-refractivity contribution is 6.30. The van der Waals surface area contributed by atoms with Crippen LogP contribution in [0.15, 0.2) is 6.20 Å². The van der Waals surface area contributed by atoms with Crippen LogP contribution in [-0.4, -0.2) is 21.2 Å². The maximum Gasteiger partial charge on any atom is 0.197 e. The van der Waals surface area contributed by atoms with Crippen LogP contribution >= 0.6 is 11.6 Å². The highest BCUT2D eigenvalue weighted by atomic mass is 35.5. The molecule has 0 aromatic carbocycles. The lowest BCUT2D eigenvalue weighted by Crippen LogP contribution is -2.12. The van der Waals surface area contributed by atoms with Gasteiger partial charge in [-0.15, -0.1) is 0 Å². The molecule has 3 rings (SSSR count). The minimum Gasteiger partial charge on any atom is -0.489 e. The first-order valence-electron chi connectivity index (χ1n) is 5.49. The van der Waals surface area contributed by atoms with Gasteiger partial charge in [-0.3, -0.25) is 0 Å². The van der Waals surface area contributed by atoms with E-state index in [9.17, 15) is 0 Å². The summed E-state index contributed by atoms with van der Waals surface area (Å²) >= 11 is 6.17. The second-order valence-corrected chi connectivity index (χ2v) is 4.25. The third kappa shape index (κ3) is 1.29.